The average Bonchev–Trinajstić information content (AvgIpc) is 2.77. The minimum atomic E-state index is -0.531. The van der Waals surface area contributed by atoms with E-state index in [2.05, 4.69) is 10.4 Å². The number of amides is 1. The summed E-state index contributed by atoms with van der Waals surface area (Å²) in [5.74, 6) is -0.155. The third-order valence-electron chi connectivity index (χ3n) is 4.17. The summed E-state index contributed by atoms with van der Waals surface area (Å²) in [6.45, 7) is 0.918. The van der Waals surface area contributed by atoms with E-state index in [0.717, 1.165) is 36.9 Å². The fourth-order valence-electron chi connectivity index (χ4n) is 3.07. The van der Waals surface area contributed by atoms with E-state index in [9.17, 15) is 9.90 Å². The molecule has 2 aliphatic rings. The molecule has 3 rings (SSSR count). The Morgan fingerprint density at radius 2 is 2.25 bits per heavy atom. The smallest absolute Gasteiger partial charge is 0.270 e. The first kappa shape index (κ1) is 13.6. The lowest BCUT2D eigenvalue weighted by Crippen LogP contribution is -2.49. The predicted molar refractivity (Wildman–Crippen MR) is 72.5 cm³/mol. The summed E-state index contributed by atoms with van der Waals surface area (Å²) in [4.78, 5) is 12.5. The highest BCUT2D eigenvalue weighted by molar-refractivity contribution is 5.94. The standard InChI is InChI=1S/C14H21N3O3/c1-17-13(9-4-2-3-5-10(9)16-17)14(19)15-11-8-20-7-6-12(11)18/h11-12,18H,2-8H2,1H3,(H,15,19)/t11-,12-/m1/s1. The van der Waals surface area contributed by atoms with Crippen molar-refractivity contribution in [2.75, 3.05) is 13.2 Å². The molecule has 1 aromatic heterocycles. The summed E-state index contributed by atoms with van der Waals surface area (Å²) < 4.78 is 6.98. The Labute approximate surface area is 118 Å². The molecule has 1 aliphatic carbocycles. The van der Waals surface area contributed by atoms with Crippen LogP contribution < -0.4 is 5.32 Å². The summed E-state index contributed by atoms with van der Waals surface area (Å²) in [5, 5.41) is 17.2. The van der Waals surface area contributed by atoms with Crippen LogP contribution in [-0.2, 0) is 24.6 Å². The van der Waals surface area contributed by atoms with E-state index in [0.29, 0.717) is 25.3 Å². The van der Waals surface area contributed by atoms with Crippen molar-refractivity contribution < 1.29 is 14.6 Å². The van der Waals surface area contributed by atoms with Crippen molar-refractivity contribution in [3.05, 3.63) is 17.0 Å². The van der Waals surface area contributed by atoms with Crippen molar-refractivity contribution in [2.24, 2.45) is 7.05 Å². The number of fused-ring (bicyclic) bond motifs is 1. The quantitative estimate of drug-likeness (QED) is 0.809. The maximum absolute atomic E-state index is 12.5. The number of carbonyl (C=O) groups is 1. The molecule has 0 spiro atoms. The molecule has 2 N–H and O–H groups in total. The number of ether oxygens (including phenoxy) is 1. The van der Waals surface area contributed by atoms with Crippen LogP contribution in [0, 0.1) is 0 Å². The van der Waals surface area contributed by atoms with Gasteiger partial charge in [-0.1, -0.05) is 0 Å². The molecule has 1 fully saturated rings. The van der Waals surface area contributed by atoms with Gasteiger partial charge in [0.2, 0.25) is 0 Å². The lowest BCUT2D eigenvalue weighted by atomic mass is 9.95. The largest absolute Gasteiger partial charge is 0.391 e. The first-order valence-electron chi connectivity index (χ1n) is 7.28. The molecule has 2 atom stereocenters. The van der Waals surface area contributed by atoms with Gasteiger partial charge in [-0.25, -0.2) is 0 Å². The van der Waals surface area contributed by atoms with Crippen LogP contribution in [0.1, 0.15) is 41.0 Å². The van der Waals surface area contributed by atoms with Gasteiger partial charge in [-0.05, 0) is 32.1 Å². The molecule has 1 amide bonds. The van der Waals surface area contributed by atoms with Gasteiger partial charge in [0.1, 0.15) is 5.69 Å². The molecule has 0 saturated carbocycles. The zero-order valence-electron chi connectivity index (χ0n) is 11.8. The van der Waals surface area contributed by atoms with Crippen molar-refractivity contribution in [3.8, 4) is 0 Å². The Morgan fingerprint density at radius 3 is 3.05 bits per heavy atom. The van der Waals surface area contributed by atoms with Crippen molar-refractivity contribution in [1.29, 1.82) is 0 Å². The van der Waals surface area contributed by atoms with Crippen LogP contribution >= 0.6 is 0 Å². The fourth-order valence-corrected chi connectivity index (χ4v) is 3.07. The molecule has 20 heavy (non-hydrogen) atoms. The Hall–Kier alpha value is -1.40. The van der Waals surface area contributed by atoms with Gasteiger partial charge in [0.05, 0.1) is 24.4 Å². The molecule has 0 radical (unpaired) electrons. The number of carbonyl (C=O) groups excluding carboxylic acids is 1. The molecule has 6 heteroatoms. The van der Waals surface area contributed by atoms with Crippen molar-refractivity contribution >= 4 is 5.91 Å². The van der Waals surface area contributed by atoms with Gasteiger partial charge in [-0.15, -0.1) is 0 Å². The predicted octanol–water partition coefficient (Wildman–Crippen LogP) is 0.178. The molecule has 110 valence electrons. The molecule has 1 saturated heterocycles. The van der Waals surface area contributed by atoms with Crippen molar-refractivity contribution in [3.63, 3.8) is 0 Å². The third-order valence-corrected chi connectivity index (χ3v) is 4.17. The number of hydrogen-bond donors (Lipinski definition) is 2. The molecule has 0 unspecified atom stereocenters. The topological polar surface area (TPSA) is 76.4 Å². The lowest BCUT2D eigenvalue weighted by Gasteiger charge is -2.28. The number of nitrogens with zero attached hydrogens (tertiary/aromatic N) is 2. The van der Waals surface area contributed by atoms with E-state index in [-0.39, 0.29) is 11.9 Å². The van der Waals surface area contributed by atoms with Gasteiger partial charge >= 0.3 is 0 Å². The summed E-state index contributed by atoms with van der Waals surface area (Å²) in [6.07, 6.45) is 4.14. The summed E-state index contributed by atoms with van der Waals surface area (Å²) in [5.41, 5.74) is 2.75. The molecule has 6 nitrogen and oxygen atoms in total. The highest BCUT2D eigenvalue weighted by atomic mass is 16.5. The number of aliphatic hydroxyl groups excluding tert-OH is 1. The number of rotatable bonds is 2. The first-order chi connectivity index (χ1) is 9.66. The Balaban J connectivity index is 1.78. The second-order valence-corrected chi connectivity index (χ2v) is 5.62. The first-order valence-corrected chi connectivity index (χ1v) is 7.28. The highest BCUT2D eigenvalue weighted by Gasteiger charge is 2.29. The van der Waals surface area contributed by atoms with Crippen molar-refractivity contribution in [2.45, 2.75) is 44.2 Å². The van der Waals surface area contributed by atoms with E-state index in [1.807, 2.05) is 0 Å². The fraction of sp³-hybridized carbons (Fsp3) is 0.714. The van der Waals surface area contributed by atoms with E-state index >= 15 is 0 Å². The molecule has 1 aliphatic heterocycles. The minimum absolute atomic E-state index is 0.155. The van der Waals surface area contributed by atoms with E-state index in [1.165, 1.54) is 0 Å². The average molecular weight is 279 g/mol. The Bertz CT molecular complexity index is 512. The molecular formula is C14H21N3O3. The normalized spacial score (nSPS) is 26.1. The number of aliphatic hydroxyl groups is 1. The zero-order valence-corrected chi connectivity index (χ0v) is 11.8. The molecular weight excluding hydrogens is 258 g/mol. The lowest BCUT2D eigenvalue weighted by molar-refractivity contribution is -0.0141. The van der Waals surface area contributed by atoms with Crippen LogP contribution in [0.25, 0.3) is 0 Å². The van der Waals surface area contributed by atoms with Crippen LogP contribution in [0.15, 0.2) is 0 Å². The summed E-state index contributed by atoms with van der Waals surface area (Å²) in [7, 11) is 1.81. The van der Waals surface area contributed by atoms with Gasteiger partial charge in [-0.2, -0.15) is 5.10 Å². The van der Waals surface area contributed by atoms with E-state index in [1.54, 1.807) is 11.7 Å². The van der Waals surface area contributed by atoms with Crippen LogP contribution in [0.4, 0.5) is 0 Å². The van der Waals surface area contributed by atoms with Gasteiger partial charge in [0.25, 0.3) is 5.91 Å². The number of aromatic nitrogens is 2. The van der Waals surface area contributed by atoms with Crippen molar-refractivity contribution in [1.82, 2.24) is 15.1 Å². The molecule has 2 heterocycles. The number of hydrogen-bond acceptors (Lipinski definition) is 4. The Kier molecular flexibility index (Phi) is 3.76. The van der Waals surface area contributed by atoms with Crippen LogP contribution in [-0.4, -0.2) is 46.2 Å². The Morgan fingerprint density at radius 1 is 1.45 bits per heavy atom. The zero-order chi connectivity index (χ0) is 14.1. The van der Waals surface area contributed by atoms with E-state index in [4.69, 9.17) is 4.74 Å². The third kappa shape index (κ3) is 2.45. The summed E-state index contributed by atoms with van der Waals surface area (Å²) >= 11 is 0. The van der Waals surface area contributed by atoms with Crippen LogP contribution in [0.3, 0.4) is 0 Å². The highest BCUT2D eigenvalue weighted by Crippen LogP contribution is 2.23. The van der Waals surface area contributed by atoms with Gasteiger partial charge in [-0.3, -0.25) is 9.48 Å². The summed E-state index contributed by atoms with van der Waals surface area (Å²) in [6, 6.07) is -0.328. The van der Waals surface area contributed by atoms with Crippen LogP contribution in [0.2, 0.25) is 0 Å². The van der Waals surface area contributed by atoms with Gasteiger partial charge in [0.15, 0.2) is 0 Å². The van der Waals surface area contributed by atoms with Gasteiger partial charge < -0.3 is 15.2 Å². The molecule has 1 aromatic rings. The number of nitrogens with one attached hydrogen (secondary N) is 1. The maximum Gasteiger partial charge on any atom is 0.270 e. The van der Waals surface area contributed by atoms with E-state index < -0.39 is 6.10 Å². The van der Waals surface area contributed by atoms with Gasteiger partial charge in [0, 0.05) is 19.2 Å². The van der Waals surface area contributed by atoms with Crippen LogP contribution in [0.5, 0.6) is 0 Å². The SMILES string of the molecule is Cn1nc2c(c1C(=O)N[C@@H]1COCC[C@H]1O)CCCC2. The minimum Gasteiger partial charge on any atom is -0.391 e. The number of aryl methyl sites for hydroxylation is 2. The maximum atomic E-state index is 12.5. The monoisotopic (exact) mass is 279 g/mol. The molecule has 0 aromatic carbocycles. The second kappa shape index (κ2) is 5.54. The molecule has 0 bridgehead atoms. The second-order valence-electron chi connectivity index (χ2n) is 5.62.